The fraction of sp³-hybridized carbons (Fsp3) is 0.300. The van der Waals surface area contributed by atoms with Gasteiger partial charge in [-0.2, -0.15) is 9.57 Å². The van der Waals surface area contributed by atoms with E-state index < -0.39 is 10.0 Å². The van der Waals surface area contributed by atoms with E-state index in [4.69, 9.17) is 5.26 Å². The molecule has 3 rings (SSSR count). The average molecular weight is 383 g/mol. The molecule has 1 N–H and O–H groups in total. The smallest absolute Gasteiger partial charge is 0.255 e. The van der Waals surface area contributed by atoms with Gasteiger partial charge in [-0.3, -0.25) is 4.79 Å². The van der Waals surface area contributed by atoms with Gasteiger partial charge in [0.1, 0.15) is 0 Å². The molecule has 27 heavy (non-hydrogen) atoms. The lowest BCUT2D eigenvalue weighted by Gasteiger charge is -2.30. The third-order valence-electron chi connectivity index (χ3n) is 4.65. The molecule has 1 heterocycles. The summed E-state index contributed by atoms with van der Waals surface area (Å²) in [5.41, 5.74) is 1.41. The van der Waals surface area contributed by atoms with Crippen LogP contribution in [0.1, 0.15) is 35.7 Å². The second-order valence-electron chi connectivity index (χ2n) is 6.78. The molecule has 140 valence electrons. The van der Waals surface area contributed by atoms with Crippen molar-refractivity contribution in [2.24, 2.45) is 5.92 Å². The van der Waals surface area contributed by atoms with Crippen LogP contribution in [0.2, 0.25) is 0 Å². The highest BCUT2D eigenvalue weighted by molar-refractivity contribution is 7.89. The zero-order chi connectivity index (χ0) is 19.4. The van der Waals surface area contributed by atoms with Gasteiger partial charge in [-0.05, 0) is 67.3 Å². The molecule has 2 aromatic carbocycles. The number of hydrogen-bond acceptors (Lipinski definition) is 4. The maximum absolute atomic E-state index is 12.8. The Morgan fingerprint density at radius 1 is 1.15 bits per heavy atom. The first-order valence-electron chi connectivity index (χ1n) is 8.82. The summed E-state index contributed by atoms with van der Waals surface area (Å²) < 4.78 is 27.1. The minimum atomic E-state index is -3.51. The highest BCUT2D eigenvalue weighted by Gasteiger charge is 2.28. The van der Waals surface area contributed by atoms with E-state index in [9.17, 15) is 13.2 Å². The lowest BCUT2D eigenvalue weighted by Crippen LogP contribution is -2.39. The average Bonchev–Trinajstić information content (AvgIpc) is 2.68. The maximum Gasteiger partial charge on any atom is 0.255 e. The highest BCUT2D eigenvalue weighted by Crippen LogP contribution is 2.24. The molecule has 1 atom stereocenters. The Bertz CT molecular complexity index is 961. The van der Waals surface area contributed by atoms with E-state index in [0.717, 1.165) is 12.8 Å². The van der Waals surface area contributed by atoms with E-state index in [1.54, 1.807) is 36.4 Å². The van der Waals surface area contributed by atoms with Gasteiger partial charge in [0, 0.05) is 24.3 Å². The fourth-order valence-electron chi connectivity index (χ4n) is 3.12. The van der Waals surface area contributed by atoms with E-state index in [0.29, 0.717) is 35.8 Å². The number of anilines is 1. The third kappa shape index (κ3) is 4.35. The molecule has 0 radical (unpaired) electrons. The van der Waals surface area contributed by atoms with Gasteiger partial charge in [-0.1, -0.05) is 6.92 Å². The monoisotopic (exact) mass is 383 g/mol. The third-order valence-corrected chi connectivity index (χ3v) is 6.53. The molecule has 1 aliphatic rings. The summed E-state index contributed by atoms with van der Waals surface area (Å²) in [4.78, 5) is 12.5. The van der Waals surface area contributed by atoms with Crippen molar-refractivity contribution in [3.05, 3.63) is 59.7 Å². The van der Waals surface area contributed by atoms with Crippen LogP contribution in [0.15, 0.2) is 53.4 Å². The molecule has 1 aliphatic heterocycles. The van der Waals surface area contributed by atoms with Crippen molar-refractivity contribution < 1.29 is 13.2 Å². The predicted octanol–water partition coefficient (Wildman–Crippen LogP) is 3.23. The molecule has 0 spiro atoms. The van der Waals surface area contributed by atoms with Crippen LogP contribution >= 0.6 is 0 Å². The standard InChI is InChI=1S/C20H21N3O3S/c1-15-3-2-12-23(14-15)27(25,26)19-10-8-18(9-11-19)22-20(24)17-6-4-16(13-21)5-7-17/h4-11,15H,2-3,12,14H2,1H3,(H,22,24). The molecule has 6 nitrogen and oxygen atoms in total. The van der Waals surface area contributed by atoms with Crippen molar-refractivity contribution in [1.29, 1.82) is 5.26 Å². The van der Waals surface area contributed by atoms with E-state index in [1.165, 1.54) is 16.4 Å². The maximum atomic E-state index is 12.8. The molecule has 2 aromatic rings. The second-order valence-corrected chi connectivity index (χ2v) is 8.72. The molecule has 1 fully saturated rings. The number of benzene rings is 2. The number of rotatable bonds is 4. The van der Waals surface area contributed by atoms with Crippen LogP contribution in [-0.2, 0) is 10.0 Å². The van der Waals surface area contributed by atoms with Crippen molar-refractivity contribution in [2.75, 3.05) is 18.4 Å². The quantitative estimate of drug-likeness (QED) is 0.878. The van der Waals surface area contributed by atoms with E-state index in [1.807, 2.05) is 6.07 Å². The van der Waals surface area contributed by atoms with Gasteiger partial charge in [0.2, 0.25) is 10.0 Å². The minimum Gasteiger partial charge on any atom is -0.322 e. The number of amides is 1. The second kappa shape index (κ2) is 7.91. The highest BCUT2D eigenvalue weighted by atomic mass is 32.2. The number of carbonyl (C=O) groups excluding carboxylic acids is 1. The summed E-state index contributed by atoms with van der Waals surface area (Å²) in [6, 6.07) is 14.5. The van der Waals surface area contributed by atoms with Crippen LogP contribution in [0.5, 0.6) is 0 Å². The van der Waals surface area contributed by atoms with Crippen LogP contribution in [0.25, 0.3) is 0 Å². The number of piperidine rings is 1. The summed E-state index contributed by atoms with van der Waals surface area (Å²) in [7, 11) is -3.51. The Labute approximate surface area is 159 Å². The number of nitriles is 1. The molecule has 0 bridgehead atoms. The first kappa shape index (κ1) is 19.1. The lowest BCUT2D eigenvalue weighted by molar-refractivity contribution is 0.102. The van der Waals surface area contributed by atoms with Crippen LogP contribution in [0.3, 0.4) is 0 Å². The zero-order valence-corrected chi connectivity index (χ0v) is 15.9. The summed E-state index contributed by atoms with van der Waals surface area (Å²) >= 11 is 0. The van der Waals surface area contributed by atoms with Crippen molar-refractivity contribution in [2.45, 2.75) is 24.7 Å². The van der Waals surface area contributed by atoms with E-state index >= 15 is 0 Å². The Morgan fingerprint density at radius 2 is 1.81 bits per heavy atom. The van der Waals surface area contributed by atoms with Crippen LogP contribution in [-0.4, -0.2) is 31.7 Å². The molecule has 0 aliphatic carbocycles. The minimum absolute atomic E-state index is 0.230. The number of sulfonamides is 1. The molecule has 0 aromatic heterocycles. The predicted molar refractivity (Wildman–Crippen MR) is 103 cm³/mol. The number of hydrogen-bond donors (Lipinski definition) is 1. The van der Waals surface area contributed by atoms with Gasteiger partial charge < -0.3 is 5.32 Å². The molecule has 1 saturated heterocycles. The normalized spacial score (nSPS) is 17.9. The summed E-state index contributed by atoms with van der Waals surface area (Å²) in [6.45, 7) is 3.15. The molecule has 0 saturated carbocycles. The van der Waals surface area contributed by atoms with Gasteiger partial charge in [0.15, 0.2) is 0 Å². The number of nitrogens with zero attached hydrogens (tertiary/aromatic N) is 2. The Kier molecular flexibility index (Phi) is 5.59. The van der Waals surface area contributed by atoms with Crippen LogP contribution < -0.4 is 5.32 Å². The lowest BCUT2D eigenvalue weighted by atomic mass is 10.0. The molecular weight excluding hydrogens is 362 g/mol. The van der Waals surface area contributed by atoms with Gasteiger partial charge in [0.25, 0.3) is 5.91 Å². The van der Waals surface area contributed by atoms with Gasteiger partial charge in [0.05, 0.1) is 16.5 Å². The molecule has 7 heteroatoms. The first-order valence-corrected chi connectivity index (χ1v) is 10.3. The Morgan fingerprint density at radius 3 is 2.41 bits per heavy atom. The van der Waals surface area contributed by atoms with Crippen LogP contribution in [0.4, 0.5) is 5.69 Å². The first-order chi connectivity index (χ1) is 12.9. The number of carbonyl (C=O) groups is 1. The fourth-order valence-corrected chi connectivity index (χ4v) is 4.72. The summed E-state index contributed by atoms with van der Waals surface area (Å²) in [5.74, 6) is 0.0412. The largest absolute Gasteiger partial charge is 0.322 e. The summed E-state index contributed by atoms with van der Waals surface area (Å²) in [6.07, 6.45) is 1.92. The van der Waals surface area contributed by atoms with Gasteiger partial charge in [-0.25, -0.2) is 8.42 Å². The van der Waals surface area contributed by atoms with Crippen molar-refractivity contribution in [3.8, 4) is 6.07 Å². The van der Waals surface area contributed by atoms with Crippen molar-refractivity contribution >= 4 is 21.6 Å². The van der Waals surface area contributed by atoms with Gasteiger partial charge in [-0.15, -0.1) is 0 Å². The summed E-state index contributed by atoms with van der Waals surface area (Å²) in [5, 5.41) is 11.5. The molecule has 1 unspecified atom stereocenters. The molecular formula is C20H21N3O3S. The van der Waals surface area contributed by atoms with E-state index in [2.05, 4.69) is 12.2 Å². The molecule has 1 amide bonds. The zero-order valence-electron chi connectivity index (χ0n) is 15.1. The Balaban J connectivity index is 1.71. The van der Waals surface area contributed by atoms with Crippen molar-refractivity contribution in [1.82, 2.24) is 4.31 Å². The number of nitrogens with one attached hydrogen (secondary N) is 1. The SMILES string of the molecule is CC1CCCN(S(=O)(=O)c2ccc(NC(=O)c3ccc(C#N)cc3)cc2)C1. The van der Waals surface area contributed by atoms with E-state index in [-0.39, 0.29) is 10.8 Å². The Hall–Kier alpha value is -2.69. The van der Waals surface area contributed by atoms with Crippen molar-refractivity contribution in [3.63, 3.8) is 0 Å². The van der Waals surface area contributed by atoms with Gasteiger partial charge >= 0.3 is 0 Å². The topological polar surface area (TPSA) is 90.3 Å². The van der Waals surface area contributed by atoms with Crippen LogP contribution in [0, 0.1) is 17.2 Å².